The van der Waals surface area contributed by atoms with Gasteiger partial charge in [0.15, 0.2) is 9.84 Å². The highest BCUT2D eigenvalue weighted by Gasteiger charge is 2.24. The van der Waals surface area contributed by atoms with Gasteiger partial charge in [0.05, 0.1) is 5.75 Å². The number of likely N-dealkylation sites (tertiary alicyclic amines) is 1. The first-order chi connectivity index (χ1) is 8.09. The van der Waals surface area contributed by atoms with E-state index in [4.69, 9.17) is 0 Å². The van der Waals surface area contributed by atoms with Gasteiger partial charge in [-0.05, 0) is 38.9 Å². The van der Waals surface area contributed by atoms with Crippen LogP contribution in [0.3, 0.4) is 0 Å². The molecule has 2 atom stereocenters. The van der Waals surface area contributed by atoms with Gasteiger partial charge in [-0.3, -0.25) is 0 Å². The van der Waals surface area contributed by atoms with Gasteiger partial charge in [0, 0.05) is 17.5 Å². The van der Waals surface area contributed by atoms with Crippen LogP contribution in [-0.2, 0) is 9.84 Å². The normalized spacial score (nSPS) is 33.7. The Morgan fingerprint density at radius 1 is 1.35 bits per heavy atom. The molecule has 0 aliphatic carbocycles. The summed E-state index contributed by atoms with van der Waals surface area (Å²) in [5.41, 5.74) is 0. The van der Waals surface area contributed by atoms with Crippen molar-refractivity contribution in [3.63, 3.8) is 0 Å². The molecule has 0 amide bonds. The van der Waals surface area contributed by atoms with Crippen molar-refractivity contribution in [1.29, 1.82) is 0 Å². The molecule has 2 aliphatic heterocycles. The molecule has 0 aromatic carbocycles. The summed E-state index contributed by atoms with van der Waals surface area (Å²) in [6.45, 7) is 5.61. The average Bonchev–Trinajstić information content (AvgIpc) is 2.51. The molecule has 2 aliphatic rings. The molecule has 0 bridgehead atoms. The van der Waals surface area contributed by atoms with E-state index in [0.717, 1.165) is 25.9 Å². The summed E-state index contributed by atoms with van der Waals surface area (Å²) in [6, 6.07) is 0.493. The predicted molar refractivity (Wildman–Crippen MR) is 69.6 cm³/mol. The third kappa shape index (κ3) is 3.79. The fourth-order valence-corrected chi connectivity index (χ4v) is 3.87. The number of sulfone groups is 1. The van der Waals surface area contributed by atoms with Crippen molar-refractivity contribution in [3.05, 3.63) is 11.5 Å². The molecule has 0 radical (unpaired) electrons. The highest BCUT2D eigenvalue weighted by molar-refractivity contribution is 7.94. The average molecular weight is 258 g/mol. The quantitative estimate of drug-likeness (QED) is 0.812. The van der Waals surface area contributed by atoms with Crippen LogP contribution in [0, 0.1) is 0 Å². The molecule has 2 unspecified atom stereocenters. The summed E-state index contributed by atoms with van der Waals surface area (Å²) >= 11 is 0. The van der Waals surface area contributed by atoms with Crippen LogP contribution in [0.2, 0.25) is 0 Å². The van der Waals surface area contributed by atoms with Gasteiger partial charge in [0.25, 0.3) is 0 Å². The lowest BCUT2D eigenvalue weighted by Crippen LogP contribution is -2.39. The summed E-state index contributed by atoms with van der Waals surface area (Å²) in [5, 5.41) is 4.81. The van der Waals surface area contributed by atoms with E-state index in [2.05, 4.69) is 17.1 Å². The predicted octanol–water partition coefficient (Wildman–Crippen LogP) is 0.761. The maximum absolute atomic E-state index is 11.3. The third-order valence-electron chi connectivity index (χ3n) is 3.65. The molecule has 98 valence electrons. The summed E-state index contributed by atoms with van der Waals surface area (Å²) in [5.74, 6) is 0.237. The zero-order chi connectivity index (χ0) is 12.3. The second kappa shape index (κ2) is 5.50. The largest absolute Gasteiger partial charge is 0.307 e. The van der Waals surface area contributed by atoms with E-state index in [1.807, 2.05) is 0 Å². The fraction of sp³-hybridized carbons (Fsp3) is 0.833. The summed E-state index contributed by atoms with van der Waals surface area (Å²) in [4.78, 5) is 2.46. The Morgan fingerprint density at radius 3 is 2.82 bits per heavy atom. The summed E-state index contributed by atoms with van der Waals surface area (Å²) < 4.78 is 22.6. The number of hydrogen-bond donors (Lipinski definition) is 1. The summed E-state index contributed by atoms with van der Waals surface area (Å²) in [6.07, 6.45) is 5.27. The molecule has 0 spiro atoms. The van der Waals surface area contributed by atoms with Crippen LogP contribution in [0.15, 0.2) is 11.5 Å². The molecular weight excluding hydrogens is 236 g/mol. The topological polar surface area (TPSA) is 49.4 Å². The van der Waals surface area contributed by atoms with Crippen LogP contribution in [-0.4, -0.2) is 50.8 Å². The number of nitrogens with one attached hydrogen (secondary N) is 1. The zero-order valence-electron chi connectivity index (χ0n) is 10.4. The summed E-state index contributed by atoms with van der Waals surface area (Å²) in [7, 11) is -2.92. The minimum atomic E-state index is -2.92. The molecule has 0 saturated carbocycles. The molecule has 0 aromatic heterocycles. The Kier molecular flexibility index (Phi) is 4.22. The number of rotatable bonds is 3. The number of nitrogens with zero attached hydrogens (tertiary/aromatic N) is 1. The van der Waals surface area contributed by atoms with Crippen LogP contribution < -0.4 is 5.32 Å². The van der Waals surface area contributed by atoms with E-state index >= 15 is 0 Å². The fourth-order valence-electron chi connectivity index (χ4n) is 2.62. The molecule has 5 heteroatoms. The van der Waals surface area contributed by atoms with E-state index in [1.165, 1.54) is 18.4 Å². The van der Waals surface area contributed by atoms with Crippen LogP contribution in [0.25, 0.3) is 0 Å². The highest BCUT2D eigenvalue weighted by Crippen LogP contribution is 2.14. The van der Waals surface area contributed by atoms with Crippen LogP contribution in [0.4, 0.5) is 0 Å². The van der Waals surface area contributed by atoms with Crippen molar-refractivity contribution in [2.24, 2.45) is 0 Å². The lowest BCUT2D eigenvalue weighted by molar-refractivity contribution is 0.296. The number of hydrogen-bond acceptors (Lipinski definition) is 4. The standard InChI is InChI=1S/C12H22N2O2S/c1-2-14-7-3-4-11(5-8-14)13-12-6-9-17(15,16)10-12/h6,9,11-13H,2-5,7-8,10H2,1H3. The maximum atomic E-state index is 11.3. The molecule has 2 rings (SSSR count). The molecule has 2 heterocycles. The first kappa shape index (κ1) is 13.1. The van der Waals surface area contributed by atoms with Crippen molar-refractivity contribution in [2.45, 2.75) is 38.3 Å². The minimum absolute atomic E-state index is 0.0261. The maximum Gasteiger partial charge on any atom is 0.173 e. The van der Waals surface area contributed by atoms with Gasteiger partial charge in [0.2, 0.25) is 0 Å². The minimum Gasteiger partial charge on any atom is -0.307 e. The second-order valence-corrected chi connectivity index (χ2v) is 6.92. The van der Waals surface area contributed by atoms with Crippen LogP contribution in [0.1, 0.15) is 26.2 Å². The smallest absolute Gasteiger partial charge is 0.173 e. The van der Waals surface area contributed by atoms with Crippen molar-refractivity contribution < 1.29 is 8.42 Å². The van der Waals surface area contributed by atoms with Crippen LogP contribution >= 0.6 is 0 Å². The van der Waals surface area contributed by atoms with Gasteiger partial charge in [-0.2, -0.15) is 0 Å². The first-order valence-electron chi connectivity index (χ1n) is 6.48. The molecule has 17 heavy (non-hydrogen) atoms. The van der Waals surface area contributed by atoms with E-state index < -0.39 is 9.84 Å². The molecular formula is C12H22N2O2S. The lowest BCUT2D eigenvalue weighted by atomic mass is 10.1. The highest BCUT2D eigenvalue weighted by atomic mass is 32.2. The Bertz CT molecular complexity index is 378. The third-order valence-corrected chi connectivity index (χ3v) is 5.04. The van der Waals surface area contributed by atoms with Crippen molar-refractivity contribution in [3.8, 4) is 0 Å². The lowest BCUT2D eigenvalue weighted by Gasteiger charge is -2.20. The van der Waals surface area contributed by atoms with E-state index in [1.54, 1.807) is 6.08 Å². The van der Waals surface area contributed by atoms with E-state index in [0.29, 0.717) is 6.04 Å². The van der Waals surface area contributed by atoms with E-state index in [9.17, 15) is 8.42 Å². The molecule has 1 fully saturated rings. The first-order valence-corrected chi connectivity index (χ1v) is 8.20. The Balaban J connectivity index is 1.82. The van der Waals surface area contributed by atoms with E-state index in [-0.39, 0.29) is 11.8 Å². The van der Waals surface area contributed by atoms with Crippen molar-refractivity contribution in [1.82, 2.24) is 10.2 Å². The van der Waals surface area contributed by atoms with Gasteiger partial charge in [0.1, 0.15) is 0 Å². The molecule has 0 aromatic rings. The Hall–Kier alpha value is -0.390. The van der Waals surface area contributed by atoms with Crippen molar-refractivity contribution >= 4 is 9.84 Å². The van der Waals surface area contributed by atoms with Gasteiger partial charge in [-0.15, -0.1) is 0 Å². The molecule has 4 nitrogen and oxygen atoms in total. The SMILES string of the molecule is CCN1CCCC(NC2C=CS(=O)(=O)C2)CC1. The Morgan fingerprint density at radius 2 is 2.18 bits per heavy atom. The second-order valence-electron chi connectivity index (χ2n) is 4.99. The molecule has 1 saturated heterocycles. The van der Waals surface area contributed by atoms with Gasteiger partial charge in [-0.25, -0.2) is 8.42 Å². The van der Waals surface area contributed by atoms with Gasteiger partial charge < -0.3 is 10.2 Å². The monoisotopic (exact) mass is 258 g/mol. The molecule has 1 N–H and O–H groups in total. The van der Waals surface area contributed by atoms with Crippen molar-refractivity contribution in [2.75, 3.05) is 25.4 Å². The van der Waals surface area contributed by atoms with Gasteiger partial charge >= 0.3 is 0 Å². The van der Waals surface area contributed by atoms with Crippen LogP contribution in [0.5, 0.6) is 0 Å². The van der Waals surface area contributed by atoms with Gasteiger partial charge in [-0.1, -0.05) is 13.0 Å². The Labute approximate surface area is 104 Å². The zero-order valence-corrected chi connectivity index (χ0v) is 11.2.